The first-order valence-corrected chi connectivity index (χ1v) is 5.82. The zero-order valence-corrected chi connectivity index (χ0v) is 9.90. The third-order valence-electron chi connectivity index (χ3n) is 2.66. The number of pyridine rings is 1. The highest BCUT2D eigenvalue weighted by molar-refractivity contribution is 5.97. The molecule has 0 aliphatic carbocycles. The summed E-state index contributed by atoms with van der Waals surface area (Å²) in [6.45, 7) is 0.982. The number of hydrogen-bond donors (Lipinski definition) is 3. The molecule has 5 nitrogen and oxygen atoms in total. The van der Waals surface area contributed by atoms with E-state index in [0.29, 0.717) is 19.5 Å². The van der Waals surface area contributed by atoms with Crippen molar-refractivity contribution in [3.63, 3.8) is 0 Å². The fraction of sp³-hybridized carbons (Fsp3) is 0.231. The second kappa shape index (κ2) is 5.46. The Morgan fingerprint density at radius 2 is 2.11 bits per heavy atom. The summed E-state index contributed by atoms with van der Waals surface area (Å²) < 4.78 is 0. The largest absolute Gasteiger partial charge is 0.352 e. The van der Waals surface area contributed by atoms with Gasteiger partial charge in [-0.15, -0.1) is 0 Å². The topological polar surface area (TPSA) is 88.0 Å². The summed E-state index contributed by atoms with van der Waals surface area (Å²) >= 11 is 0. The van der Waals surface area contributed by atoms with E-state index in [4.69, 9.17) is 5.73 Å². The Bertz CT molecular complexity index is 619. The fourth-order valence-corrected chi connectivity index (χ4v) is 1.72. The van der Waals surface area contributed by atoms with Crippen LogP contribution in [0.1, 0.15) is 16.8 Å². The Kier molecular flexibility index (Phi) is 3.74. The van der Waals surface area contributed by atoms with Crippen molar-refractivity contribution in [2.45, 2.75) is 6.42 Å². The average molecular weight is 245 g/mol. The molecule has 94 valence electrons. The minimum atomic E-state index is -0.376. The Morgan fingerprint density at radius 3 is 2.89 bits per heavy atom. The highest BCUT2D eigenvalue weighted by Gasteiger charge is 2.10. The zero-order chi connectivity index (χ0) is 13.0. The first-order valence-electron chi connectivity index (χ1n) is 5.82. The average Bonchev–Trinajstić information content (AvgIpc) is 2.38. The van der Waals surface area contributed by atoms with Gasteiger partial charge in [0.2, 0.25) is 0 Å². The Hall–Kier alpha value is -2.14. The smallest absolute Gasteiger partial charge is 0.261 e. The highest BCUT2D eigenvalue weighted by Crippen LogP contribution is 2.09. The van der Waals surface area contributed by atoms with E-state index in [1.807, 2.05) is 18.2 Å². The van der Waals surface area contributed by atoms with Crippen molar-refractivity contribution in [3.05, 3.63) is 46.2 Å². The predicted molar refractivity (Wildman–Crippen MR) is 70.6 cm³/mol. The Labute approximate surface area is 104 Å². The molecular weight excluding hydrogens is 230 g/mol. The normalized spacial score (nSPS) is 10.5. The number of nitrogens with one attached hydrogen (secondary N) is 2. The number of carbonyl (C=O) groups is 1. The van der Waals surface area contributed by atoms with E-state index in [2.05, 4.69) is 10.3 Å². The molecular formula is C13H15N3O2. The number of aromatic amines is 1. The van der Waals surface area contributed by atoms with Crippen molar-refractivity contribution in [2.75, 3.05) is 13.1 Å². The summed E-state index contributed by atoms with van der Waals surface area (Å²) in [4.78, 5) is 26.3. The molecule has 2 rings (SSSR count). The van der Waals surface area contributed by atoms with Gasteiger partial charge in [-0.3, -0.25) is 9.59 Å². The molecule has 2 aromatic rings. The van der Waals surface area contributed by atoms with E-state index in [1.165, 1.54) is 0 Å². The van der Waals surface area contributed by atoms with Crippen LogP contribution in [0.25, 0.3) is 10.9 Å². The van der Waals surface area contributed by atoms with Gasteiger partial charge in [-0.1, -0.05) is 18.2 Å². The number of benzene rings is 1. The van der Waals surface area contributed by atoms with Crippen molar-refractivity contribution in [1.82, 2.24) is 10.3 Å². The lowest BCUT2D eigenvalue weighted by Gasteiger charge is -2.04. The van der Waals surface area contributed by atoms with Gasteiger partial charge in [-0.05, 0) is 30.5 Å². The van der Waals surface area contributed by atoms with Crippen molar-refractivity contribution < 1.29 is 4.79 Å². The molecule has 5 heteroatoms. The SMILES string of the molecule is NCCCNC(=O)c1cc2ccccc2[nH]c1=O. The summed E-state index contributed by atoms with van der Waals surface area (Å²) in [5.41, 5.74) is 5.82. The van der Waals surface area contributed by atoms with Gasteiger partial charge in [-0.2, -0.15) is 0 Å². The Balaban J connectivity index is 2.30. The molecule has 0 bridgehead atoms. The summed E-state index contributed by atoms with van der Waals surface area (Å²) in [6, 6.07) is 8.94. The molecule has 0 saturated heterocycles. The highest BCUT2D eigenvalue weighted by atomic mass is 16.2. The van der Waals surface area contributed by atoms with Crippen LogP contribution in [0.5, 0.6) is 0 Å². The monoisotopic (exact) mass is 245 g/mol. The third kappa shape index (κ3) is 2.57. The zero-order valence-electron chi connectivity index (χ0n) is 9.90. The van der Waals surface area contributed by atoms with Gasteiger partial charge in [-0.25, -0.2) is 0 Å². The number of H-pyrrole nitrogens is 1. The molecule has 0 atom stereocenters. The van der Waals surface area contributed by atoms with Crippen LogP contribution in [0.15, 0.2) is 35.1 Å². The quantitative estimate of drug-likeness (QED) is 0.689. The lowest BCUT2D eigenvalue weighted by molar-refractivity contribution is 0.0952. The number of para-hydroxylation sites is 1. The summed E-state index contributed by atoms with van der Waals surface area (Å²) in [5, 5.41) is 3.50. The molecule has 1 aromatic carbocycles. The Morgan fingerprint density at radius 1 is 1.33 bits per heavy atom. The molecule has 4 N–H and O–H groups in total. The van der Waals surface area contributed by atoms with E-state index in [9.17, 15) is 9.59 Å². The number of hydrogen-bond acceptors (Lipinski definition) is 3. The molecule has 0 fully saturated rings. The molecule has 1 heterocycles. The second-order valence-electron chi connectivity index (χ2n) is 4.00. The van der Waals surface area contributed by atoms with Crippen LogP contribution in [0.3, 0.4) is 0 Å². The van der Waals surface area contributed by atoms with E-state index in [0.717, 1.165) is 10.9 Å². The molecule has 1 amide bonds. The molecule has 0 saturated carbocycles. The number of fused-ring (bicyclic) bond motifs is 1. The van der Waals surface area contributed by atoms with Gasteiger partial charge >= 0.3 is 0 Å². The fourth-order valence-electron chi connectivity index (χ4n) is 1.72. The maximum Gasteiger partial charge on any atom is 0.261 e. The van der Waals surface area contributed by atoms with Crippen molar-refractivity contribution in [2.24, 2.45) is 5.73 Å². The number of nitrogens with two attached hydrogens (primary N) is 1. The maximum atomic E-state index is 11.8. The van der Waals surface area contributed by atoms with Gasteiger partial charge in [0.1, 0.15) is 5.56 Å². The first-order chi connectivity index (χ1) is 8.72. The summed E-state index contributed by atoms with van der Waals surface area (Å²) in [6.07, 6.45) is 0.692. The molecule has 0 spiro atoms. The number of carbonyl (C=O) groups excluding carboxylic acids is 1. The predicted octanol–water partition coefficient (Wildman–Crippen LogP) is 0.607. The van der Waals surface area contributed by atoms with E-state index < -0.39 is 0 Å². The van der Waals surface area contributed by atoms with Crippen molar-refractivity contribution in [1.29, 1.82) is 0 Å². The van der Waals surface area contributed by atoms with E-state index in [-0.39, 0.29) is 17.0 Å². The van der Waals surface area contributed by atoms with E-state index >= 15 is 0 Å². The van der Waals surface area contributed by atoms with Gasteiger partial charge in [0.25, 0.3) is 11.5 Å². The van der Waals surface area contributed by atoms with Crippen LogP contribution in [0.4, 0.5) is 0 Å². The van der Waals surface area contributed by atoms with Crippen LogP contribution in [0.2, 0.25) is 0 Å². The van der Waals surface area contributed by atoms with Crippen LogP contribution in [-0.2, 0) is 0 Å². The second-order valence-corrected chi connectivity index (χ2v) is 4.00. The number of aromatic nitrogens is 1. The lowest BCUT2D eigenvalue weighted by atomic mass is 10.1. The summed E-state index contributed by atoms with van der Waals surface area (Å²) in [7, 11) is 0. The molecule has 1 aromatic heterocycles. The minimum absolute atomic E-state index is 0.130. The van der Waals surface area contributed by atoms with Gasteiger partial charge in [0.15, 0.2) is 0 Å². The number of amides is 1. The molecule has 0 radical (unpaired) electrons. The van der Waals surface area contributed by atoms with Crippen molar-refractivity contribution in [3.8, 4) is 0 Å². The lowest BCUT2D eigenvalue weighted by Crippen LogP contribution is -2.31. The first kappa shape index (κ1) is 12.3. The number of rotatable bonds is 4. The minimum Gasteiger partial charge on any atom is -0.352 e. The van der Waals surface area contributed by atoms with Crippen LogP contribution < -0.4 is 16.6 Å². The van der Waals surface area contributed by atoms with Crippen LogP contribution in [0, 0.1) is 0 Å². The van der Waals surface area contributed by atoms with Gasteiger partial charge < -0.3 is 16.0 Å². The standard InChI is InChI=1S/C13H15N3O2/c14-6-3-7-15-12(17)10-8-9-4-1-2-5-11(9)16-13(10)18/h1-2,4-5,8H,3,6-7,14H2,(H,15,17)(H,16,18). The molecule has 0 aliphatic rings. The molecule has 18 heavy (non-hydrogen) atoms. The van der Waals surface area contributed by atoms with E-state index in [1.54, 1.807) is 12.1 Å². The maximum absolute atomic E-state index is 11.8. The van der Waals surface area contributed by atoms with Crippen LogP contribution in [-0.4, -0.2) is 24.0 Å². The molecule has 0 aliphatic heterocycles. The van der Waals surface area contributed by atoms with Gasteiger partial charge in [0, 0.05) is 12.1 Å². The van der Waals surface area contributed by atoms with Crippen molar-refractivity contribution >= 4 is 16.8 Å². The summed E-state index contributed by atoms with van der Waals surface area (Å²) in [5.74, 6) is -0.365. The van der Waals surface area contributed by atoms with Gasteiger partial charge in [0.05, 0.1) is 0 Å². The third-order valence-corrected chi connectivity index (χ3v) is 2.66. The van der Waals surface area contributed by atoms with Crippen LogP contribution >= 0.6 is 0 Å². The molecule has 0 unspecified atom stereocenters.